The molecule has 7 nitrogen and oxygen atoms in total. The van der Waals surface area contributed by atoms with Gasteiger partial charge in [0, 0.05) is 17.5 Å². The van der Waals surface area contributed by atoms with E-state index in [1.54, 1.807) is 42.5 Å². The van der Waals surface area contributed by atoms with Crippen LogP contribution in [-0.2, 0) is 0 Å². The van der Waals surface area contributed by atoms with Crippen LogP contribution in [0.1, 0.15) is 16.8 Å². The number of hydrogen-bond donors (Lipinski definition) is 0. The summed E-state index contributed by atoms with van der Waals surface area (Å²) in [7, 11) is 0. The van der Waals surface area contributed by atoms with Crippen LogP contribution >= 0.6 is 0 Å². The molecule has 1 aromatic heterocycles. The van der Waals surface area contributed by atoms with Crippen LogP contribution in [0, 0.1) is 21.4 Å². The first-order valence-electron chi connectivity index (χ1n) is 9.02. The summed E-state index contributed by atoms with van der Waals surface area (Å²) in [4.78, 5) is 23.1. The lowest BCUT2D eigenvalue weighted by Crippen LogP contribution is -2.05. The van der Waals surface area contributed by atoms with Crippen LogP contribution in [0.25, 0.3) is 28.7 Å². The van der Waals surface area contributed by atoms with E-state index in [1.807, 2.05) is 24.3 Å². The van der Waals surface area contributed by atoms with E-state index in [-0.39, 0.29) is 11.1 Å². The summed E-state index contributed by atoms with van der Waals surface area (Å²) >= 11 is 0. The normalized spacial score (nSPS) is 10.9. The molecule has 0 radical (unpaired) electrons. The number of non-ortho nitro benzene ring substituents is 1. The van der Waals surface area contributed by atoms with E-state index in [9.17, 15) is 14.9 Å². The van der Waals surface area contributed by atoms with Gasteiger partial charge >= 0.3 is 0 Å². The van der Waals surface area contributed by atoms with Crippen molar-refractivity contribution in [3.05, 3.63) is 110 Å². The summed E-state index contributed by atoms with van der Waals surface area (Å²) in [5, 5.41) is 25.1. The van der Waals surface area contributed by atoms with Crippen molar-refractivity contribution in [1.82, 2.24) is 9.78 Å². The molecule has 0 unspecified atom stereocenters. The van der Waals surface area contributed by atoms with Crippen LogP contribution in [0.5, 0.6) is 0 Å². The third-order valence-electron chi connectivity index (χ3n) is 4.58. The Labute approximate surface area is 170 Å². The number of nitro benzene ring substituents is 1. The average molecular weight is 394 g/mol. The Morgan fingerprint density at radius 1 is 0.967 bits per heavy atom. The van der Waals surface area contributed by atoms with Crippen LogP contribution in [0.15, 0.2) is 77.6 Å². The van der Waals surface area contributed by atoms with Crippen LogP contribution in [0.4, 0.5) is 5.69 Å². The minimum atomic E-state index is -0.476. The number of aromatic nitrogens is 2. The van der Waals surface area contributed by atoms with Crippen LogP contribution < -0.4 is 5.43 Å². The molecule has 30 heavy (non-hydrogen) atoms. The third-order valence-corrected chi connectivity index (χ3v) is 4.58. The van der Waals surface area contributed by atoms with Gasteiger partial charge in [-0.3, -0.25) is 14.9 Å². The van der Waals surface area contributed by atoms with Gasteiger partial charge in [-0.1, -0.05) is 36.4 Å². The molecule has 0 aliphatic rings. The molecule has 4 aromatic rings. The lowest BCUT2D eigenvalue weighted by atomic mass is 10.1. The largest absolute Gasteiger partial charge is 0.288 e. The predicted molar refractivity (Wildman–Crippen MR) is 114 cm³/mol. The van der Waals surface area contributed by atoms with Crippen molar-refractivity contribution in [3.63, 3.8) is 0 Å². The molecule has 0 saturated heterocycles. The number of rotatable bonds is 4. The molecule has 0 amide bonds. The van der Waals surface area contributed by atoms with Gasteiger partial charge in [-0.2, -0.15) is 10.4 Å². The molecule has 0 atom stereocenters. The molecular formula is C23H14N4O3. The summed E-state index contributed by atoms with van der Waals surface area (Å²) in [6.45, 7) is 0. The smallest absolute Gasteiger partial charge is 0.269 e. The van der Waals surface area contributed by atoms with Crippen molar-refractivity contribution in [2.75, 3.05) is 0 Å². The fourth-order valence-electron chi connectivity index (χ4n) is 3.09. The first-order valence-corrected chi connectivity index (χ1v) is 9.02. The molecule has 7 heteroatoms. The van der Waals surface area contributed by atoms with E-state index in [1.165, 1.54) is 22.9 Å². The topological polar surface area (TPSA) is 102 Å². The zero-order chi connectivity index (χ0) is 21.1. The lowest BCUT2D eigenvalue weighted by Gasteiger charge is -2.01. The highest BCUT2D eigenvalue weighted by Crippen LogP contribution is 2.22. The molecule has 1 heterocycles. The highest BCUT2D eigenvalue weighted by Gasteiger charge is 2.13. The Morgan fingerprint density at radius 3 is 2.33 bits per heavy atom. The van der Waals surface area contributed by atoms with Gasteiger partial charge in [0.15, 0.2) is 0 Å². The van der Waals surface area contributed by atoms with E-state index in [2.05, 4.69) is 11.2 Å². The average Bonchev–Trinajstić information content (AvgIpc) is 3.03. The van der Waals surface area contributed by atoms with Crippen molar-refractivity contribution in [2.24, 2.45) is 0 Å². The third kappa shape index (κ3) is 3.57. The van der Waals surface area contributed by atoms with Gasteiger partial charge in [-0.25, -0.2) is 4.68 Å². The molecule has 0 spiro atoms. The summed E-state index contributed by atoms with van der Waals surface area (Å²) in [5.74, 6) is 0. The monoisotopic (exact) mass is 394 g/mol. The molecule has 0 aliphatic heterocycles. The summed E-state index contributed by atoms with van der Waals surface area (Å²) < 4.78 is 1.50. The molecule has 4 rings (SSSR count). The van der Waals surface area contributed by atoms with Crippen LogP contribution in [0.3, 0.4) is 0 Å². The van der Waals surface area contributed by atoms with Crippen molar-refractivity contribution < 1.29 is 4.92 Å². The zero-order valence-electron chi connectivity index (χ0n) is 15.6. The number of fused-ring (bicyclic) bond motifs is 1. The van der Waals surface area contributed by atoms with Gasteiger partial charge in [0.1, 0.15) is 5.52 Å². The second-order valence-corrected chi connectivity index (χ2v) is 6.48. The Morgan fingerprint density at radius 2 is 1.67 bits per heavy atom. The first-order chi connectivity index (χ1) is 14.6. The van der Waals surface area contributed by atoms with E-state index in [0.29, 0.717) is 27.8 Å². The second-order valence-electron chi connectivity index (χ2n) is 6.48. The fourth-order valence-corrected chi connectivity index (χ4v) is 3.09. The zero-order valence-corrected chi connectivity index (χ0v) is 15.6. The SMILES string of the molecule is N#Cc1ccc(/C=C/c2nn(-c3ccc([N+](=O)[O-])cc3)c3c(=O)ccccc23)cc1. The van der Waals surface area contributed by atoms with Crippen molar-refractivity contribution in [1.29, 1.82) is 5.26 Å². The highest BCUT2D eigenvalue weighted by atomic mass is 16.6. The van der Waals surface area contributed by atoms with E-state index >= 15 is 0 Å². The summed E-state index contributed by atoms with van der Waals surface area (Å²) in [6.07, 6.45) is 3.64. The predicted octanol–water partition coefficient (Wildman–Crippen LogP) is 4.34. The van der Waals surface area contributed by atoms with Gasteiger partial charge in [0.25, 0.3) is 5.69 Å². The van der Waals surface area contributed by atoms with Gasteiger partial charge in [0.05, 0.1) is 27.9 Å². The molecule has 0 N–H and O–H groups in total. The second kappa shape index (κ2) is 7.81. The number of nitrogens with zero attached hydrogens (tertiary/aromatic N) is 4. The minimum absolute atomic E-state index is 0.0379. The van der Waals surface area contributed by atoms with Crippen LogP contribution in [-0.4, -0.2) is 14.7 Å². The van der Waals surface area contributed by atoms with Gasteiger partial charge in [0.2, 0.25) is 5.43 Å². The fraction of sp³-hybridized carbons (Fsp3) is 0. The maximum atomic E-state index is 12.7. The number of benzene rings is 2. The molecule has 144 valence electrons. The Bertz CT molecular complexity index is 1380. The molecule has 0 bridgehead atoms. The lowest BCUT2D eigenvalue weighted by molar-refractivity contribution is -0.384. The van der Waals surface area contributed by atoms with Gasteiger partial charge in [-0.05, 0) is 42.0 Å². The molecule has 0 fully saturated rings. The standard InChI is InChI=1S/C23H14N4O3/c24-15-17-7-5-16(6-8-17)9-14-21-20-3-1-2-4-22(28)23(20)26(25-21)18-10-12-19(13-11-18)27(29)30/h1-14H/b14-9+. The maximum absolute atomic E-state index is 12.7. The van der Waals surface area contributed by atoms with Gasteiger partial charge in [-0.15, -0.1) is 0 Å². The molecule has 0 aliphatic carbocycles. The van der Waals surface area contributed by atoms with Crippen molar-refractivity contribution in [3.8, 4) is 11.8 Å². The van der Waals surface area contributed by atoms with Crippen molar-refractivity contribution >= 4 is 28.7 Å². The van der Waals surface area contributed by atoms with Crippen molar-refractivity contribution in [2.45, 2.75) is 0 Å². The number of nitro groups is 1. The summed E-state index contributed by atoms with van der Waals surface area (Å²) in [5.41, 5.74) is 2.72. The number of nitriles is 1. The van der Waals surface area contributed by atoms with Crippen LogP contribution in [0.2, 0.25) is 0 Å². The van der Waals surface area contributed by atoms with E-state index < -0.39 is 4.92 Å². The minimum Gasteiger partial charge on any atom is -0.288 e. The highest BCUT2D eigenvalue weighted by molar-refractivity contribution is 5.90. The number of hydrogen-bond acceptors (Lipinski definition) is 5. The Kier molecular flexibility index (Phi) is 4.89. The Hall–Kier alpha value is -4.57. The first kappa shape index (κ1) is 18.8. The molecule has 3 aromatic carbocycles. The molecular weight excluding hydrogens is 380 g/mol. The maximum Gasteiger partial charge on any atom is 0.269 e. The summed E-state index contributed by atoms with van der Waals surface area (Å²) in [6, 6.07) is 21.8. The van der Waals surface area contributed by atoms with E-state index in [4.69, 9.17) is 5.26 Å². The van der Waals surface area contributed by atoms with E-state index in [0.717, 1.165) is 5.56 Å². The quantitative estimate of drug-likeness (QED) is 0.378. The van der Waals surface area contributed by atoms with Gasteiger partial charge < -0.3 is 0 Å². The Balaban J connectivity index is 1.85. The molecule has 0 saturated carbocycles.